The van der Waals surface area contributed by atoms with Gasteiger partial charge in [0.25, 0.3) is 0 Å². The van der Waals surface area contributed by atoms with Crippen LogP contribution in [0.25, 0.3) is 0 Å². The molecule has 104 valence electrons. The first kappa shape index (κ1) is 18.6. The number of ether oxygens (including phenoxy) is 1. The summed E-state index contributed by atoms with van der Waals surface area (Å²) in [4.78, 5) is 10.6. The highest BCUT2D eigenvalue weighted by Gasteiger charge is 2.07. The molecule has 0 aromatic carbocycles. The van der Waals surface area contributed by atoms with E-state index in [0.29, 0.717) is 17.6 Å². The number of carbonyl (C=O) groups excluding carboxylic acids is 1. The third kappa shape index (κ3) is 21.2. The second kappa shape index (κ2) is 8.37. The number of nitrogens with zero attached hydrogens (tertiary/aromatic N) is 1. The average Bonchev–Trinajstić information content (AvgIpc) is 2.15. The van der Waals surface area contributed by atoms with Crippen molar-refractivity contribution < 1.29 is 31.3 Å². The van der Waals surface area contributed by atoms with Gasteiger partial charge in [-0.15, -0.1) is 0 Å². The van der Waals surface area contributed by atoms with Crippen LogP contribution in [0.2, 0.25) is 0 Å². The lowest BCUT2D eigenvalue weighted by Gasteiger charge is -2.23. The van der Waals surface area contributed by atoms with Crippen molar-refractivity contribution in [2.75, 3.05) is 41.9 Å². The summed E-state index contributed by atoms with van der Waals surface area (Å²) in [6.45, 7) is 0.649. The van der Waals surface area contributed by atoms with Crippen molar-refractivity contribution >= 4 is 16.4 Å². The topological polar surface area (TPSA) is 105 Å². The third-order valence-electron chi connectivity index (χ3n) is 1.35. The van der Waals surface area contributed by atoms with Gasteiger partial charge in [0.1, 0.15) is 0 Å². The molecular formula is C8H20N2O6S. The van der Waals surface area contributed by atoms with Crippen LogP contribution in [0.5, 0.6) is 0 Å². The Morgan fingerprint density at radius 1 is 1.29 bits per heavy atom. The molecule has 0 aromatic heterocycles. The van der Waals surface area contributed by atoms with Gasteiger partial charge in [-0.25, -0.2) is 8.42 Å². The smallest absolute Gasteiger partial charge is 0.307 e. The van der Waals surface area contributed by atoms with Gasteiger partial charge in [-0.3, -0.25) is 13.6 Å². The Bertz CT molecular complexity index is 308. The standard InChI is InChI=1S/C7H17N2O2.CH4O4S/c1-9(2,3)8-6-5-7(10)11-4;1-5-6(2,3)4/h8H,5-6H2,1-4H3;1H3,(H,2,3,4)/q+1;/p-1. The van der Waals surface area contributed by atoms with E-state index in [0.717, 1.165) is 7.11 Å². The van der Waals surface area contributed by atoms with Crippen LogP contribution >= 0.6 is 0 Å². The molecule has 0 amide bonds. The van der Waals surface area contributed by atoms with Crippen LogP contribution in [0.15, 0.2) is 0 Å². The molecule has 0 fully saturated rings. The zero-order valence-corrected chi connectivity index (χ0v) is 11.5. The van der Waals surface area contributed by atoms with Crippen LogP contribution in [0.3, 0.4) is 0 Å². The Labute approximate surface area is 102 Å². The summed E-state index contributed by atoms with van der Waals surface area (Å²) in [7, 11) is 3.78. The molecule has 0 aliphatic rings. The van der Waals surface area contributed by atoms with E-state index in [9.17, 15) is 17.8 Å². The molecule has 17 heavy (non-hydrogen) atoms. The van der Waals surface area contributed by atoms with E-state index < -0.39 is 10.4 Å². The van der Waals surface area contributed by atoms with Gasteiger partial charge in [-0.1, -0.05) is 0 Å². The number of rotatable bonds is 5. The Hall–Kier alpha value is -0.740. The van der Waals surface area contributed by atoms with Crippen LogP contribution in [-0.2, 0) is 24.1 Å². The Kier molecular flexibility index (Phi) is 9.16. The molecule has 1 N–H and O–H groups in total. The van der Waals surface area contributed by atoms with Crippen LogP contribution in [0.1, 0.15) is 6.42 Å². The fraction of sp³-hybridized carbons (Fsp3) is 0.875. The lowest BCUT2D eigenvalue weighted by atomic mass is 10.4. The summed E-state index contributed by atoms with van der Waals surface area (Å²) in [5, 5.41) is 0. The van der Waals surface area contributed by atoms with Gasteiger partial charge in [0.05, 0.1) is 48.3 Å². The zero-order valence-electron chi connectivity index (χ0n) is 10.7. The summed E-state index contributed by atoms with van der Waals surface area (Å²) in [5.74, 6) is -0.175. The molecule has 0 saturated heterocycles. The number of esters is 1. The quantitative estimate of drug-likeness (QED) is 0.221. The SMILES string of the molecule is COC(=O)CCN[N+](C)(C)C.COS(=O)(=O)[O-]. The molecule has 0 aliphatic carbocycles. The second-order valence-corrected chi connectivity index (χ2v) is 4.97. The van der Waals surface area contributed by atoms with Crippen molar-refractivity contribution in [3.8, 4) is 0 Å². The molecule has 0 aliphatic heterocycles. The number of methoxy groups -OCH3 is 1. The fourth-order valence-electron chi connectivity index (χ4n) is 0.595. The highest BCUT2D eigenvalue weighted by molar-refractivity contribution is 7.80. The predicted molar refractivity (Wildman–Crippen MR) is 59.4 cm³/mol. The lowest BCUT2D eigenvalue weighted by Crippen LogP contribution is -2.48. The summed E-state index contributed by atoms with van der Waals surface area (Å²) in [6.07, 6.45) is 0.423. The van der Waals surface area contributed by atoms with E-state index in [1.165, 1.54) is 7.11 Å². The van der Waals surface area contributed by atoms with Crippen molar-refractivity contribution in [1.29, 1.82) is 0 Å². The molecule has 0 rings (SSSR count). The van der Waals surface area contributed by atoms with Gasteiger partial charge in [0, 0.05) is 0 Å². The largest absolute Gasteiger partial charge is 0.726 e. The molecule has 0 aromatic rings. The molecular weight excluding hydrogens is 252 g/mol. The van der Waals surface area contributed by atoms with Crippen LogP contribution in [0, 0.1) is 0 Å². The summed E-state index contributed by atoms with van der Waals surface area (Å²) in [5.41, 5.74) is 3.12. The highest BCUT2D eigenvalue weighted by atomic mass is 32.3. The summed E-state index contributed by atoms with van der Waals surface area (Å²) >= 11 is 0. The maximum Gasteiger partial charge on any atom is 0.307 e. The van der Waals surface area contributed by atoms with Crippen LogP contribution in [-0.4, -0.2) is 65.4 Å². The van der Waals surface area contributed by atoms with E-state index in [2.05, 4.69) is 14.3 Å². The van der Waals surface area contributed by atoms with Crippen molar-refractivity contribution in [2.45, 2.75) is 6.42 Å². The van der Waals surface area contributed by atoms with Crippen LogP contribution in [0.4, 0.5) is 0 Å². The third-order valence-corrected chi connectivity index (χ3v) is 1.76. The van der Waals surface area contributed by atoms with E-state index in [4.69, 9.17) is 0 Å². The number of carbonyl (C=O) groups is 1. The number of nitrogens with one attached hydrogen (secondary N) is 1. The summed E-state index contributed by atoms with van der Waals surface area (Å²) in [6, 6.07) is 0. The molecule has 0 unspecified atom stereocenters. The van der Waals surface area contributed by atoms with Crippen molar-refractivity contribution in [1.82, 2.24) is 5.43 Å². The molecule has 0 heterocycles. The molecule has 0 saturated carbocycles. The number of quaternary nitrogens is 1. The molecule has 9 heteroatoms. The molecule has 0 bridgehead atoms. The first-order valence-electron chi connectivity index (χ1n) is 4.66. The van der Waals surface area contributed by atoms with E-state index in [1.54, 1.807) is 0 Å². The zero-order chi connectivity index (χ0) is 14.1. The van der Waals surface area contributed by atoms with Gasteiger partial charge in [0.15, 0.2) is 0 Å². The molecule has 0 spiro atoms. The van der Waals surface area contributed by atoms with E-state index >= 15 is 0 Å². The monoisotopic (exact) mass is 272 g/mol. The van der Waals surface area contributed by atoms with Gasteiger partial charge in [-0.05, 0) is 0 Å². The first-order chi connectivity index (χ1) is 7.52. The van der Waals surface area contributed by atoms with Gasteiger partial charge in [-0.2, -0.15) is 5.43 Å². The van der Waals surface area contributed by atoms with E-state index in [1.807, 2.05) is 21.1 Å². The van der Waals surface area contributed by atoms with Crippen LogP contribution < -0.4 is 5.43 Å². The minimum atomic E-state index is -4.41. The van der Waals surface area contributed by atoms with E-state index in [-0.39, 0.29) is 5.97 Å². The van der Waals surface area contributed by atoms with Gasteiger partial charge >= 0.3 is 5.97 Å². The Morgan fingerprint density at radius 2 is 1.71 bits per heavy atom. The summed E-state index contributed by atoms with van der Waals surface area (Å²) < 4.78 is 36.1. The highest BCUT2D eigenvalue weighted by Crippen LogP contribution is 1.85. The first-order valence-corrected chi connectivity index (χ1v) is 6.00. The van der Waals surface area contributed by atoms with Crippen molar-refractivity contribution in [3.05, 3.63) is 0 Å². The van der Waals surface area contributed by atoms with Gasteiger partial charge in [0.2, 0.25) is 10.4 Å². The van der Waals surface area contributed by atoms with Crippen molar-refractivity contribution in [2.24, 2.45) is 0 Å². The minimum absolute atomic E-state index is 0.175. The number of hydrogen-bond donors (Lipinski definition) is 1. The fourth-order valence-corrected chi connectivity index (χ4v) is 0.595. The lowest BCUT2D eigenvalue weighted by molar-refractivity contribution is -0.915. The molecule has 8 nitrogen and oxygen atoms in total. The van der Waals surface area contributed by atoms with Crippen molar-refractivity contribution in [3.63, 3.8) is 0 Å². The Morgan fingerprint density at radius 3 is 1.94 bits per heavy atom. The molecule has 0 radical (unpaired) electrons. The normalized spacial score (nSPS) is 11.4. The predicted octanol–water partition coefficient (Wildman–Crippen LogP) is -1.15. The second-order valence-electron chi connectivity index (χ2n) is 3.82. The number of hydrogen-bond acceptors (Lipinski definition) is 7. The Balaban J connectivity index is 0. The molecule has 0 atom stereocenters. The maximum absolute atomic E-state index is 10.6. The average molecular weight is 272 g/mol. The minimum Gasteiger partial charge on any atom is -0.726 e. The van der Waals surface area contributed by atoms with Gasteiger partial charge < -0.3 is 9.29 Å². The maximum atomic E-state index is 10.6.